The van der Waals surface area contributed by atoms with Gasteiger partial charge in [-0.25, -0.2) is 4.98 Å². The largest absolute Gasteiger partial charge is 0.496 e. The van der Waals surface area contributed by atoms with Crippen molar-refractivity contribution in [2.24, 2.45) is 7.05 Å². The molecule has 18 heavy (non-hydrogen) atoms. The molecule has 0 saturated carbocycles. The van der Waals surface area contributed by atoms with Gasteiger partial charge in [-0.3, -0.25) is 4.79 Å². The zero-order valence-electron chi connectivity index (χ0n) is 10.4. The molecule has 2 rings (SSSR count). The van der Waals surface area contributed by atoms with Crippen molar-refractivity contribution in [1.29, 1.82) is 0 Å². The smallest absolute Gasteiger partial charge is 0.211 e. The van der Waals surface area contributed by atoms with Crippen LogP contribution in [-0.4, -0.2) is 22.4 Å². The number of nitrogens with zero attached hydrogens (tertiary/aromatic N) is 2. The Bertz CT molecular complexity index is 605. The van der Waals surface area contributed by atoms with Gasteiger partial charge < -0.3 is 9.30 Å². The van der Waals surface area contributed by atoms with Gasteiger partial charge in [0.25, 0.3) is 0 Å². The number of ether oxygens (including phenoxy) is 1. The number of carbonyl (C=O) groups excluding carboxylic acids is 1. The van der Waals surface area contributed by atoms with E-state index in [0.29, 0.717) is 17.0 Å². The van der Waals surface area contributed by atoms with Gasteiger partial charge in [0.15, 0.2) is 0 Å². The van der Waals surface area contributed by atoms with Crippen molar-refractivity contribution >= 4 is 21.7 Å². The van der Waals surface area contributed by atoms with E-state index in [0.717, 1.165) is 10.3 Å². The van der Waals surface area contributed by atoms with Crippen molar-refractivity contribution in [1.82, 2.24) is 9.55 Å². The Labute approximate surface area is 114 Å². The van der Waals surface area contributed by atoms with Crippen LogP contribution in [0.2, 0.25) is 0 Å². The van der Waals surface area contributed by atoms with Crippen molar-refractivity contribution < 1.29 is 9.53 Å². The molecule has 0 fully saturated rings. The molecule has 1 heterocycles. The lowest BCUT2D eigenvalue weighted by molar-refractivity contribution is 0.103. The Kier molecular flexibility index (Phi) is 3.52. The van der Waals surface area contributed by atoms with E-state index in [1.165, 1.54) is 0 Å². The van der Waals surface area contributed by atoms with Gasteiger partial charge in [-0.15, -0.1) is 0 Å². The molecule has 0 spiro atoms. The topological polar surface area (TPSA) is 44.1 Å². The van der Waals surface area contributed by atoms with Gasteiger partial charge in [0, 0.05) is 12.6 Å². The Balaban J connectivity index is 2.40. The molecule has 1 aromatic heterocycles. The van der Waals surface area contributed by atoms with Crippen molar-refractivity contribution in [2.45, 2.75) is 6.92 Å². The van der Waals surface area contributed by atoms with E-state index in [9.17, 15) is 4.79 Å². The predicted octanol–water partition coefficient (Wildman–Crippen LogP) is 2.73. The fourth-order valence-corrected chi connectivity index (χ4v) is 2.21. The molecule has 0 saturated heterocycles. The van der Waals surface area contributed by atoms with Gasteiger partial charge in [0.1, 0.15) is 17.3 Å². The van der Waals surface area contributed by atoms with Crippen molar-refractivity contribution in [2.75, 3.05) is 7.11 Å². The van der Waals surface area contributed by atoms with Crippen molar-refractivity contribution in [3.63, 3.8) is 0 Å². The number of carbonyl (C=O) groups is 1. The lowest BCUT2D eigenvalue weighted by atomic mass is 10.1. The number of aromatic nitrogens is 2. The Morgan fingerprint density at radius 3 is 2.67 bits per heavy atom. The zero-order chi connectivity index (χ0) is 13.3. The average Bonchev–Trinajstić information content (AvgIpc) is 2.69. The van der Waals surface area contributed by atoms with Gasteiger partial charge in [0.2, 0.25) is 5.78 Å². The van der Waals surface area contributed by atoms with Crippen LogP contribution in [-0.2, 0) is 7.05 Å². The molecular weight excluding hydrogens is 296 g/mol. The molecule has 0 aliphatic heterocycles. The highest BCUT2D eigenvalue weighted by Gasteiger charge is 2.15. The number of methoxy groups -OCH3 is 1. The van der Waals surface area contributed by atoms with Crippen LogP contribution >= 0.6 is 15.9 Å². The highest BCUT2D eigenvalue weighted by Crippen LogP contribution is 2.26. The second-order valence-electron chi connectivity index (χ2n) is 3.93. The Morgan fingerprint density at radius 2 is 2.17 bits per heavy atom. The number of ketones is 1. The van der Waals surface area contributed by atoms with E-state index in [2.05, 4.69) is 20.9 Å². The number of halogens is 1. The second kappa shape index (κ2) is 4.94. The van der Waals surface area contributed by atoms with E-state index in [1.54, 1.807) is 36.1 Å². The lowest BCUT2D eigenvalue weighted by Gasteiger charge is -2.06. The fourth-order valence-electron chi connectivity index (χ4n) is 1.67. The Morgan fingerprint density at radius 1 is 1.44 bits per heavy atom. The van der Waals surface area contributed by atoms with Crippen LogP contribution in [0.4, 0.5) is 0 Å². The monoisotopic (exact) mass is 308 g/mol. The summed E-state index contributed by atoms with van der Waals surface area (Å²) >= 11 is 3.37. The van der Waals surface area contributed by atoms with Crippen LogP contribution in [0, 0.1) is 6.92 Å². The molecule has 2 aromatic rings. The zero-order valence-corrected chi connectivity index (χ0v) is 12.0. The molecule has 94 valence electrons. The summed E-state index contributed by atoms with van der Waals surface area (Å²) in [6.07, 6.45) is 1.59. The van der Waals surface area contributed by atoms with E-state index in [1.807, 2.05) is 14.0 Å². The summed E-state index contributed by atoms with van der Waals surface area (Å²) < 4.78 is 7.67. The molecule has 0 atom stereocenters. The summed E-state index contributed by atoms with van der Waals surface area (Å²) in [5.74, 6) is 1.46. The molecule has 1 aromatic carbocycles. The quantitative estimate of drug-likeness (QED) is 0.819. The first-order valence-electron chi connectivity index (χ1n) is 5.41. The van der Waals surface area contributed by atoms with Gasteiger partial charge in [-0.2, -0.15) is 0 Å². The third kappa shape index (κ3) is 2.18. The molecule has 5 heteroatoms. The number of hydrogen-bond donors (Lipinski definition) is 0. The molecule has 0 bridgehead atoms. The summed E-state index contributed by atoms with van der Waals surface area (Å²) in [5.41, 5.74) is 1.18. The molecule has 0 unspecified atom stereocenters. The summed E-state index contributed by atoms with van der Waals surface area (Å²) in [7, 11) is 3.42. The van der Waals surface area contributed by atoms with Gasteiger partial charge >= 0.3 is 0 Å². The van der Waals surface area contributed by atoms with Crippen LogP contribution in [0.5, 0.6) is 5.75 Å². The molecule has 0 amide bonds. The molecular formula is C13H13BrN2O2. The summed E-state index contributed by atoms with van der Waals surface area (Å²) in [5, 5.41) is 0. The van der Waals surface area contributed by atoms with Crippen molar-refractivity contribution in [3.8, 4) is 5.75 Å². The molecule has 4 nitrogen and oxygen atoms in total. The summed E-state index contributed by atoms with van der Waals surface area (Å²) in [6.45, 7) is 1.86. The van der Waals surface area contributed by atoms with Gasteiger partial charge in [0.05, 0.1) is 17.8 Å². The SMILES string of the molecule is COc1ccc(C(=O)c2cnc(C)n2C)cc1Br. The van der Waals surface area contributed by atoms with Crippen LogP contribution in [0.25, 0.3) is 0 Å². The second-order valence-corrected chi connectivity index (χ2v) is 4.78. The Hall–Kier alpha value is -1.62. The lowest BCUT2D eigenvalue weighted by Crippen LogP contribution is -2.08. The van der Waals surface area contributed by atoms with E-state index in [4.69, 9.17) is 4.74 Å². The van der Waals surface area contributed by atoms with Crippen LogP contribution < -0.4 is 4.74 Å². The van der Waals surface area contributed by atoms with Crippen molar-refractivity contribution in [3.05, 3.63) is 46.0 Å². The maximum Gasteiger partial charge on any atom is 0.211 e. The van der Waals surface area contributed by atoms with Gasteiger partial charge in [-0.1, -0.05) is 0 Å². The first-order valence-corrected chi connectivity index (χ1v) is 6.20. The number of benzene rings is 1. The van der Waals surface area contributed by atoms with E-state index < -0.39 is 0 Å². The molecule has 0 radical (unpaired) electrons. The minimum absolute atomic E-state index is 0.0542. The number of aryl methyl sites for hydroxylation is 1. The summed E-state index contributed by atoms with van der Waals surface area (Å²) in [6, 6.07) is 5.26. The van der Waals surface area contributed by atoms with E-state index >= 15 is 0 Å². The number of hydrogen-bond acceptors (Lipinski definition) is 3. The minimum atomic E-state index is -0.0542. The maximum atomic E-state index is 12.3. The third-order valence-corrected chi connectivity index (χ3v) is 3.49. The molecule has 0 aliphatic rings. The van der Waals surface area contributed by atoms with Crippen LogP contribution in [0.1, 0.15) is 21.9 Å². The molecule has 0 N–H and O–H groups in total. The highest BCUT2D eigenvalue weighted by molar-refractivity contribution is 9.10. The molecule has 0 aliphatic carbocycles. The van der Waals surface area contributed by atoms with Crippen LogP contribution in [0.3, 0.4) is 0 Å². The average molecular weight is 309 g/mol. The predicted molar refractivity (Wildman–Crippen MR) is 72.1 cm³/mol. The van der Waals surface area contributed by atoms with Gasteiger partial charge in [-0.05, 0) is 41.1 Å². The standard InChI is InChI=1S/C13H13BrN2O2/c1-8-15-7-11(16(8)2)13(17)9-4-5-12(18-3)10(14)6-9/h4-7H,1-3H3. The van der Waals surface area contributed by atoms with Crippen LogP contribution in [0.15, 0.2) is 28.9 Å². The highest BCUT2D eigenvalue weighted by atomic mass is 79.9. The maximum absolute atomic E-state index is 12.3. The normalized spacial score (nSPS) is 10.4. The summed E-state index contributed by atoms with van der Waals surface area (Å²) in [4.78, 5) is 16.4. The fraction of sp³-hybridized carbons (Fsp3) is 0.231. The first kappa shape index (κ1) is 12.8. The minimum Gasteiger partial charge on any atom is -0.496 e. The first-order chi connectivity index (χ1) is 8.54. The third-order valence-electron chi connectivity index (χ3n) is 2.87. The number of rotatable bonds is 3. The number of imidazole rings is 1. The van der Waals surface area contributed by atoms with E-state index in [-0.39, 0.29) is 5.78 Å².